The van der Waals surface area contributed by atoms with Gasteiger partial charge in [-0.2, -0.15) is 0 Å². The van der Waals surface area contributed by atoms with Crippen LogP contribution < -0.4 is 4.74 Å². The Morgan fingerprint density at radius 2 is 1.86 bits per heavy atom. The number of aliphatic carboxylic acids is 1. The Bertz CT molecular complexity index is 635. The van der Waals surface area contributed by atoms with E-state index in [1.807, 2.05) is 30.3 Å². The van der Waals surface area contributed by atoms with E-state index in [1.165, 1.54) is 0 Å². The van der Waals surface area contributed by atoms with Gasteiger partial charge in [0.15, 0.2) is 0 Å². The van der Waals surface area contributed by atoms with Gasteiger partial charge in [-0.25, -0.2) is 0 Å². The molecule has 4 unspecified atom stereocenters. The fraction of sp³-hybridized carbons (Fsp3) is 0.636. The Balaban J connectivity index is 1.76. The third-order valence-corrected chi connectivity index (χ3v) is 5.66. The number of aliphatic hydroxyl groups excluding tert-OH is 2. The molecule has 7 nitrogen and oxygen atoms in total. The van der Waals surface area contributed by atoms with Crippen LogP contribution in [0.4, 0.5) is 0 Å². The lowest BCUT2D eigenvalue weighted by atomic mass is 9.85. The molecule has 2 rings (SSSR count). The summed E-state index contributed by atoms with van der Waals surface area (Å²) in [7, 11) is 0. The van der Waals surface area contributed by atoms with Gasteiger partial charge in [0.05, 0.1) is 17.9 Å². The fourth-order valence-electron chi connectivity index (χ4n) is 4.10. The Morgan fingerprint density at radius 1 is 1.14 bits per heavy atom. The van der Waals surface area contributed by atoms with Crippen LogP contribution in [0.1, 0.15) is 57.8 Å². The monoisotopic (exact) mass is 407 g/mol. The first-order chi connectivity index (χ1) is 14.0. The number of unbranched alkanes of at least 4 members (excludes halogenated alkanes) is 3. The molecule has 0 spiro atoms. The molecule has 0 aromatic heterocycles. The van der Waals surface area contributed by atoms with Gasteiger partial charge in [0, 0.05) is 18.8 Å². The first-order valence-electron chi connectivity index (χ1n) is 10.5. The van der Waals surface area contributed by atoms with Crippen molar-refractivity contribution in [2.45, 2.75) is 70.0 Å². The van der Waals surface area contributed by atoms with Crippen LogP contribution in [0.3, 0.4) is 0 Å². The van der Waals surface area contributed by atoms with Gasteiger partial charge in [0.25, 0.3) is 0 Å². The molecule has 7 heteroatoms. The van der Waals surface area contributed by atoms with Crippen molar-refractivity contribution in [3.8, 4) is 5.75 Å². The number of para-hydroxylation sites is 1. The summed E-state index contributed by atoms with van der Waals surface area (Å²) in [5.74, 6) is -0.112. The van der Waals surface area contributed by atoms with Gasteiger partial charge in [-0.3, -0.25) is 4.79 Å². The van der Waals surface area contributed by atoms with E-state index in [2.05, 4.69) is 5.16 Å². The van der Waals surface area contributed by atoms with Crippen molar-refractivity contribution in [3.63, 3.8) is 0 Å². The highest BCUT2D eigenvalue weighted by atomic mass is 16.5. The van der Waals surface area contributed by atoms with Crippen molar-refractivity contribution in [1.82, 2.24) is 0 Å². The van der Waals surface area contributed by atoms with Crippen LogP contribution in [0.2, 0.25) is 0 Å². The van der Waals surface area contributed by atoms with E-state index in [9.17, 15) is 20.2 Å². The predicted molar refractivity (Wildman–Crippen MR) is 109 cm³/mol. The summed E-state index contributed by atoms with van der Waals surface area (Å²) in [6.07, 6.45) is 4.65. The second-order valence-corrected chi connectivity index (χ2v) is 7.84. The molecule has 1 aromatic carbocycles. The Morgan fingerprint density at radius 3 is 2.55 bits per heavy atom. The molecule has 1 aliphatic rings. The molecule has 4 N–H and O–H groups in total. The van der Waals surface area contributed by atoms with E-state index in [0.717, 1.165) is 25.7 Å². The number of hydrogen-bond acceptors (Lipinski definition) is 6. The topological polar surface area (TPSA) is 120 Å². The minimum Gasteiger partial charge on any atom is -0.491 e. The van der Waals surface area contributed by atoms with Crippen molar-refractivity contribution in [2.24, 2.45) is 17.0 Å². The molecule has 0 radical (unpaired) electrons. The third-order valence-electron chi connectivity index (χ3n) is 5.66. The molecule has 0 saturated heterocycles. The lowest BCUT2D eigenvalue weighted by Gasteiger charge is -2.23. The van der Waals surface area contributed by atoms with Crippen LogP contribution in [-0.4, -0.2) is 51.0 Å². The van der Waals surface area contributed by atoms with E-state index >= 15 is 0 Å². The van der Waals surface area contributed by atoms with Crippen molar-refractivity contribution in [1.29, 1.82) is 0 Å². The minimum absolute atomic E-state index is 0.00242. The number of nitrogens with zero attached hydrogens (tertiary/aromatic N) is 1. The van der Waals surface area contributed by atoms with Gasteiger partial charge in [0.2, 0.25) is 0 Å². The fourth-order valence-corrected chi connectivity index (χ4v) is 4.10. The largest absolute Gasteiger partial charge is 0.491 e. The van der Waals surface area contributed by atoms with Gasteiger partial charge in [-0.05, 0) is 43.7 Å². The Labute approximate surface area is 172 Å². The van der Waals surface area contributed by atoms with Crippen molar-refractivity contribution < 1.29 is 30.1 Å². The molecule has 0 heterocycles. The van der Waals surface area contributed by atoms with Gasteiger partial charge >= 0.3 is 5.97 Å². The van der Waals surface area contributed by atoms with Gasteiger partial charge in [0.1, 0.15) is 12.4 Å². The number of carboxylic acids is 1. The van der Waals surface area contributed by atoms with Gasteiger partial charge < -0.3 is 25.3 Å². The number of carbonyl (C=O) groups is 1. The smallest absolute Gasteiger partial charge is 0.303 e. The number of oxime groups is 1. The lowest BCUT2D eigenvalue weighted by Crippen LogP contribution is -2.24. The molecule has 4 atom stereocenters. The summed E-state index contributed by atoms with van der Waals surface area (Å²) in [6, 6.07) is 9.32. The minimum atomic E-state index is -0.769. The summed E-state index contributed by atoms with van der Waals surface area (Å²) in [6.45, 7) is 0.194. The highest BCUT2D eigenvalue weighted by Crippen LogP contribution is 2.37. The van der Waals surface area contributed by atoms with E-state index in [4.69, 9.17) is 9.84 Å². The van der Waals surface area contributed by atoms with Crippen molar-refractivity contribution in [2.75, 3.05) is 6.61 Å². The molecule has 1 aromatic rings. The summed E-state index contributed by atoms with van der Waals surface area (Å²) in [5.41, 5.74) is 0.601. The number of benzene rings is 1. The standard InChI is InChI=1S/C22H33NO6/c24-16(15-29-17-8-4-3-5-9-17)12-13-18-19(21(25)14-20(18)23-28)10-6-1-2-7-11-22(26)27/h3-5,8-9,16,18-19,21,24-25,28H,1-2,6-7,10-15H2,(H,26,27)/b23-20-. The van der Waals surface area contributed by atoms with E-state index in [0.29, 0.717) is 37.1 Å². The summed E-state index contributed by atoms with van der Waals surface area (Å²) < 4.78 is 5.58. The number of aliphatic hydroxyl groups is 2. The second kappa shape index (κ2) is 12.4. The highest BCUT2D eigenvalue weighted by Gasteiger charge is 2.39. The van der Waals surface area contributed by atoms with Crippen LogP contribution in [0.5, 0.6) is 5.75 Å². The SMILES string of the molecule is O=C(O)CCCCCCC1C(O)C/C(=N/O)C1CCC(O)COc1ccccc1. The molecule has 0 bridgehead atoms. The quantitative estimate of drug-likeness (QED) is 0.226. The summed E-state index contributed by atoms with van der Waals surface area (Å²) in [5, 5.41) is 42.0. The molecule has 1 saturated carbocycles. The number of ether oxygens (including phenoxy) is 1. The zero-order chi connectivity index (χ0) is 21.1. The van der Waals surface area contributed by atoms with E-state index in [1.54, 1.807) is 0 Å². The summed E-state index contributed by atoms with van der Waals surface area (Å²) in [4.78, 5) is 10.6. The number of hydrogen-bond donors (Lipinski definition) is 4. The molecule has 29 heavy (non-hydrogen) atoms. The molecule has 162 valence electrons. The first kappa shape index (κ1) is 23.2. The summed E-state index contributed by atoms with van der Waals surface area (Å²) >= 11 is 0. The van der Waals surface area contributed by atoms with Crippen LogP contribution in [-0.2, 0) is 4.79 Å². The maximum absolute atomic E-state index is 10.6. The zero-order valence-electron chi connectivity index (χ0n) is 16.8. The van der Waals surface area contributed by atoms with Gasteiger partial charge in [-0.15, -0.1) is 0 Å². The van der Waals surface area contributed by atoms with Crippen molar-refractivity contribution in [3.05, 3.63) is 30.3 Å². The molecule has 1 aliphatic carbocycles. The maximum atomic E-state index is 10.6. The first-order valence-corrected chi connectivity index (χ1v) is 10.5. The predicted octanol–water partition coefficient (Wildman–Crippen LogP) is 3.46. The van der Waals surface area contributed by atoms with Crippen LogP contribution in [0.15, 0.2) is 35.5 Å². The second-order valence-electron chi connectivity index (χ2n) is 7.84. The van der Waals surface area contributed by atoms with E-state index < -0.39 is 18.2 Å². The number of carboxylic acid groups (broad SMARTS) is 1. The Hall–Kier alpha value is -2.12. The molecule has 0 aliphatic heterocycles. The maximum Gasteiger partial charge on any atom is 0.303 e. The average Bonchev–Trinajstić information content (AvgIpc) is 3.02. The number of rotatable bonds is 13. The van der Waals surface area contributed by atoms with Crippen LogP contribution in [0.25, 0.3) is 0 Å². The normalized spacial score (nSPS) is 23.9. The highest BCUT2D eigenvalue weighted by molar-refractivity contribution is 5.89. The van der Waals surface area contributed by atoms with Gasteiger partial charge in [-0.1, -0.05) is 42.6 Å². The average molecular weight is 408 g/mol. The third kappa shape index (κ3) is 8.03. The molecular formula is C22H33NO6. The molecule has 0 amide bonds. The lowest BCUT2D eigenvalue weighted by molar-refractivity contribution is -0.137. The van der Waals surface area contributed by atoms with Crippen LogP contribution in [0, 0.1) is 11.8 Å². The molecular weight excluding hydrogens is 374 g/mol. The molecule has 1 fully saturated rings. The van der Waals surface area contributed by atoms with Crippen LogP contribution >= 0.6 is 0 Å². The van der Waals surface area contributed by atoms with E-state index in [-0.39, 0.29) is 24.9 Å². The van der Waals surface area contributed by atoms with Crippen molar-refractivity contribution >= 4 is 11.7 Å². The Kier molecular flexibility index (Phi) is 9.94. The zero-order valence-corrected chi connectivity index (χ0v) is 16.8.